The van der Waals surface area contributed by atoms with Crippen molar-refractivity contribution >= 4 is 41.7 Å². The monoisotopic (exact) mass is 338 g/mol. The highest BCUT2D eigenvalue weighted by molar-refractivity contribution is 7.99. The molecule has 0 fully saturated rings. The Morgan fingerprint density at radius 3 is 2.00 bits per heavy atom. The van der Waals surface area contributed by atoms with E-state index in [0.717, 1.165) is 10.5 Å². The third-order valence-electron chi connectivity index (χ3n) is 3.51. The lowest BCUT2D eigenvalue weighted by molar-refractivity contribution is 0.660. The fourth-order valence-electron chi connectivity index (χ4n) is 2.48. The Kier molecular flexibility index (Phi) is 5.29. The van der Waals surface area contributed by atoms with Crippen molar-refractivity contribution in [3.8, 4) is 0 Å². The van der Waals surface area contributed by atoms with E-state index in [0.29, 0.717) is 0 Å². The van der Waals surface area contributed by atoms with E-state index in [1.165, 1.54) is 20.2 Å². The van der Waals surface area contributed by atoms with E-state index in [9.17, 15) is 0 Å². The molecular formula is C18H18OSSi2. The lowest BCUT2D eigenvalue weighted by atomic mass is 10.4. The Bertz CT molecular complexity index is 719. The molecule has 0 amide bonds. The first-order chi connectivity index (χ1) is 10.9. The summed E-state index contributed by atoms with van der Waals surface area (Å²) in [6.45, 7) is 0. The fraction of sp³-hybridized carbons (Fsp3) is 0. The van der Waals surface area contributed by atoms with Crippen molar-refractivity contribution in [3.05, 3.63) is 84.9 Å². The molecule has 110 valence electrons. The highest BCUT2D eigenvalue weighted by atomic mass is 32.2. The van der Waals surface area contributed by atoms with Gasteiger partial charge in [-0.3, -0.25) is 0 Å². The molecule has 0 spiro atoms. The Morgan fingerprint density at radius 2 is 1.32 bits per heavy atom. The van der Waals surface area contributed by atoms with Crippen molar-refractivity contribution in [2.75, 3.05) is 0 Å². The van der Waals surface area contributed by atoms with Gasteiger partial charge in [0.1, 0.15) is 10.5 Å². The maximum absolute atomic E-state index is 6.07. The van der Waals surface area contributed by atoms with E-state index in [-0.39, 0.29) is 0 Å². The van der Waals surface area contributed by atoms with E-state index >= 15 is 0 Å². The highest BCUT2D eigenvalue weighted by Gasteiger charge is 2.19. The van der Waals surface area contributed by atoms with Crippen LogP contribution < -0.4 is 10.4 Å². The molecule has 0 aliphatic carbocycles. The van der Waals surface area contributed by atoms with E-state index in [4.69, 9.17) is 4.12 Å². The van der Waals surface area contributed by atoms with Crippen molar-refractivity contribution < 1.29 is 4.12 Å². The minimum Gasteiger partial charge on any atom is -0.459 e. The Hall–Kier alpha value is -1.60. The summed E-state index contributed by atoms with van der Waals surface area (Å²) in [6, 6.07) is 29.8. The first-order valence-corrected chi connectivity index (χ1v) is 10.5. The second kappa shape index (κ2) is 7.60. The van der Waals surface area contributed by atoms with Crippen LogP contribution in [0.3, 0.4) is 0 Å². The summed E-state index contributed by atoms with van der Waals surface area (Å²) in [7, 11) is -0.804. The number of hydrogen-bond donors (Lipinski definition) is 0. The predicted octanol–water partition coefficient (Wildman–Crippen LogP) is 1.97. The van der Waals surface area contributed by atoms with Gasteiger partial charge in [-0.15, -0.1) is 0 Å². The molecular weight excluding hydrogens is 320 g/mol. The maximum Gasteiger partial charge on any atom is 0.229 e. The van der Waals surface area contributed by atoms with Gasteiger partial charge in [0.25, 0.3) is 0 Å². The van der Waals surface area contributed by atoms with Crippen LogP contribution in [0.4, 0.5) is 0 Å². The molecule has 0 aromatic heterocycles. The van der Waals surface area contributed by atoms with Crippen molar-refractivity contribution in [1.29, 1.82) is 0 Å². The van der Waals surface area contributed by atoms with Crippen LogP contribution >= 0.6 is 11.8 Å². The van der Waals surface area contributed by atoms with Crippen LogP contribution in [-0.2, 0) is 4.12 Å². The molecule has 3 aromatic carbocycles. The molecule has 0 aliphatic heterocycles. The molecule has 0 N–H and O–H groups in total. The zero-order valence-electron chi connectivity index (χ0n) is 12.5. The summed E-state index contributed by atoms with van der Waals surface area (Å²) < 4.78 is 6.07. The second-order valence-corrected chi connectivity index (χ2v) is 10.0. The molecule has 3 aromatic rings. The number of benzene rings is 3. The zero-order chi connectivity index (χ0) is 15.2. The summed E-state index contributed by atoms with van der Waals surface area (Å²) in [5.74, 6) is 0. The van der Waals surface area contributed by atoms with Gasteiger partial charge in [0.15, 0.2) is 0 Å². The van der Waals surface area contributed by atoms with Gasteiger partial charge in [0.2, 0.25) is 9.04 Å². The number of hydrogen-bond acceptors (Lipinski definition) is 2. The molecule has 0 radical (unpaired) electrons. The van der Waals surface area contributed by atoms with Crippen molar-refractivity contribution in [3.63, 3.8) is 0 Å². The first kappa shape index (κ1) is 15.3. The normalized spacial score (nSPS) is 12.2. The topological polar surface area (TPSA) is 9.23 Å². The Balaban J connectivity index is 1.96. The minimum absolute atomic E-state index is 0.765. The van der Waals surface area contributed by atoms with E-state index in [1.807, 2.05) is 11.8 Å². The van der Waals surface area contributed by atoms with Gasteiger partial charge in [-0.2, -0.15) is 0 Å². The van der Waals surface area contributed by atoms with Crippen molar-refractivity contribution in [2.24, 2.45) is 0 Å². The second-order valence-electron chi connectivity index (χ2n) is 4.98. The average Bonchev–Trinajstić information content (AvgIpc) is 2.59. The lowest BCUT2D eigenvalue weighted by Gasteiger charge is -2.18. The maximum atomic E-state index is 6.07. The van der Waals surface area contributed by atoms with Crippen LogP contribution in [0.15, 0.2) is 94.7 Å². The van der Waals surface area contributed by atoms with Gasteiger partial charge in [-0.05, 0) is 28.6 Å². The van der Waals surface area contributed by atoms with Crippen LogP contribution in [0, 0.1) is 0 Å². The zero-order valence-corrected chi connectivity index (χ0v) is 16.4. The van der Waals surface area contributed by atoms with Gasteiger partial charge in [0, 0.05) is 9.79 Å². The lowest BCUT2D eigenvalue weighted by Crippen LogP contribution is -2.45. The summed E-state index contributed by atoms with van der Waals surface area (Å²) >= 11 is 1.82. The number of rotatable bonds is 5. The smallest absolute Gasteiger partial charge is 0.229 e. The summed E-state index contributed by atoms with van der Waals surface area (Å²) in [5, 5.41) is 2.72. The molecule has 22 heavy (non-hydrogen) atoms. The molecule has 0 heterocycles. The Morgan fingerprint density at radius 1 is 0.727 bits per heavy atom. The third kappa shape index (κ3) is 3.59. The molecule has 1 unspecified atom stereocenters. The quantitative estimate of drug-likeness (QED) is 0.658. The molecule has 1 nitrogen and oxygen atoms in total. The van der Waals surface area contributed by atoms with Crippen LogP contribution in [0.1, 0.15) is 0 Å². The molecule has 0 saturated heterocycles. The SMILES string of the molecule is [SiH3]O[SiH](c1ccccc1)c1ccccc1Sc1ccccc1. The van der Waals surface area contributed by atoms with Gasteiger partial charge >= 0.3 is 0 Å². The van der Waals surface area contributed by atoms with Crippen molar-refractivity contribution in [2.45, 2.75) is 9.79 Å². The first-order valence-electron chi connectivity index (χ1n) is 7.28. The van der Waals surface area contributed by atoms with Crippen LogP contribution in [-0.4, -0.2) is 19.5 Å². The van der Waals surface area contributed by atoms with Gasteiger partial charge < -0.3 is 4.12 Å². The summed E-state index contributed by atoms with van der Waals surface area (Å²) in [6.07, 6.45) is 0. The average molecular weight is 339 g/mol. The summed E-state index contributed by atoms with van der Waals surface area (Å²) in [5.41, 5.74) is 0. The van der Waals surface area contributed by atoms with E-state index < -0.39 is 9.04 Å². The standard InChI is InChI=1S/C18H18OSSi2/c21-19-22(16-11-5-2-6-12-16)18-14-8-7-13-17(18)20-15-9-3-1-4-10-15/h1-14,22H,21H3. The molecule has 0 saturated carbocycles. The van der Waals surface area contributed by atoms with Gasteiger partial charge in [-0.1, -0.05) is 78.5 Å². The van der Waals surface area contributed by atoms with Crippen LogP contribution in [0.5, 0.6) is 0 Å². The predicted molar refractivity (Wildman–Crippen MR) is 101 cm³/mol. The highest BCUT2D eigenvalue weighted by Crippen LogP contribution is 2.26. The van der Waals surface area contributed by atoms with E-state index in [2.05, 4.69) is 84.9 Å². The molecule has 1 atom stereocenters. The van der Waals surface area contributed by atoms with Gasteiger partial charge in [-0.25, -0.2) is 0 Å². The van der Waals surface area contributed by atoms with Crippen molar-refractivity contribution in [1.82, 2.24) is 0 Å². The van der Waals surface area contributed by atoms with E-state index in [1.54, 1.807) is 0 Å². The Labute approximate surface area is 140 Å². The largest absolute Gasteiger partial charge is 0.459 e. The molecule has 0 aliphatic rings. The van der Waals surface area contributed by atoms with Crippen LogP contribution in [0.2, 0.25) is 0 Å². The van der Waals surface area contributed by atoms with Gasteiger partial charge in [0.05, 0.1) is 0 Å². The molecule has 0 bridgehead atoms. The third-order valence-corrected chi connectivity index (χ3v) is 8.76. The molecule has 3 rings (SSSR count). The minimum atomic E-state index is -1.57. The van der Waals surface area contributed by atoms with Crippen LogP contribution in [0.25, 0.3) is 0 Å². The summed E-state index contributed by atoms with van der Waals surface area (Å²) in [4.78, 5) is 2.58. The molecule has 4 heteroatoms. The fourth-order valence-corrected chi connectivity index (χ4v) is 7.53.